The largest absolute Gasteiger partial charge is 0.497 e. The molecular formula is C28H27NO5. The van der Waals surface area contributed by atoms with Gasteiger partial charge >= 0.3 is 0 Å². The van der Waals surface area contributed by atoms with Crippen LogP contribution < -0.4 is 20.2 Å². The highest BCUT2D eigenvalue weighted by Crippen LogP contribution is 2.32. The molecule has 0 bridgehead atoms. The molecule has 6 nitrogen and oxygen atoms in total. The molecule has 1 heterocycles. The predicted octanol–water partition coefficient (Wildman–Crippen LogP) is 5.72. The summed E-state index contributed by atoms with van der Waals surface area (Å²) in [4.78, 5) is 26.1. The summed E-state index contributed by atoms with van der Waals surface area (Å²) in [6, 6.07) is 16.5. The minimum absolute atomic E-state index is 0.00554. The second-order valence-electron chi connectivity index (χ2n) is 8.43. The van der Waals surface area contributed by atoms with Crippen LogP contribution in [-0.2, 0) is 4.79 Å². The molecule has 4 aromatic rings. The van der Waals surface area contributed by atoms with Crippen LogP contribution in [-0.4, -0.2) is 19.6 Å². The van der Waals surface area contributed by atoms with E-state index < -0.39 is 0 Å². The molecule has 0 unspecified atom stereocenters. The molecule has 0 atom stereocenters. The van der Waals surface area contributed by atoms with Gasteiger partial charge in [0.15, 0.2) is 12.4 Å². The number of carbonyl (C=O) groups is 1. The summed E-state index contributed by atoms with van der Waals surface area (Å²) in [7, 11) is 1.58. The van der Waals surface area contributed by atoms with Gasteiger partial charge in [-0.2, -0.15) is 0 Å². The molecule has 0 saturated heterocycles. The van der Waals surface area contributed by atoms with Crippen molar-refractivity contribution in [2.24, 2.45) is 0 Å². The van der Waals surface area contributed by atoms with Crippen LogP contribution >= 0.6 is 0 Å². The first-order valence-electron chi connectivity index (χ1n) is 11.0. The lowest BCUT2D eigenvalue weighted by Gasteiger charge is -2.15. The Balaban J connectivity index is 1.69. The standard InChI is InChI=1S/C28H27NO5/c1-16-6-11-22-23(14-16)34-27(20-7-9-21(32-5)10-8-20)28(26(22)31)33-15-24(30)29-25-18(3)12-17(2)13-19(25)4/h6-14H,15H2,1-5H3,(H,29,30). The van der Waals surface area contributed by atoms with Gasteiger partial charge < -0.3 is 19.2 Å². The van der Waals surface area contributed by atoms with Crippen LogP contribution in [0.15, 0.2) is 63.8 Å². The van der Waals surface area contributed by atoms with Crippen LogP contribution in [0.4, 0.5) is 5.69 Å². The smallest absolute Gasteiger partial charge is 0.262 e. The van der Waals surface area contributed by atoms with Gasteiger partial charge in [-0.3, -0.25) is 9.59 Å². The summed E-state index contributed by atoms with van der Waals surface area (Å²) in [6.07, 6.45) is 0. The number of anilines is 1. The summed E-state index contributed by atoms with van der Waals surface area (Å²) in [5.74, 6) is 0.572. The average molecular weight is 458 g/mol. The van der Waals surface area contributed by atoms with Crippen molar-refractivity contribution in [2.75, 3.05) is 19.0 Å². The Kier molecular flexibility index (Phi) is 6.41. The molecule has 0 radical (unpaired) electrons. The quantitative estimate of drug-likeness (QED) is 0.401. The van der Waals surface area contributed by atoms with Gasteiger partial charge in [-0.05, 0) is 80.8 Å². The summed E-state index contributed by atoms with van der Waals surface area (Å²) >= 11 is 0. The minimum Gasteiger partial charge on any atom is -0.497 e. The topological polar surface area (TPSA) is 77.8 Å². The first kappa shape index (κ1) is 23.1. The number of ether oxygens (including phenoxy) is 2. The van der Waals surface area contributed by atoms with Crippen molar-refractivity contribution >= 4 is 22.6 Å². The third kappa shape index (κ3) is 4.66. The number of amides is 1. The van der Waals surface area contributed by atoms with Crippen molar-refractivity contribution in [1.29, 1.82) is 0 Å². The van der Waals surface area contributed by atoms with Crippen molar-refractivity contribution in [1.82, 2.24) is 0 Å². The van der Waals surface area contributed by atoms with E-state index in [0.717, 1.165) is 27.9 Å². The number of hydrogen-bond donors (Lipinski definition) is 1. The van der Waals surface area contributed by atoms with E-state index in [-0.39, 0.29) is 29.5 Å². The molecule has 0 aliphatic heterocycles. The molecule has 0 spiro atoms. The summed E-state index contributed by atoms with van der Waals surface area (Å²) in [5.41, 5.74) is 5.53. The molecular weight excluding hydrogens is 430 g/mol. The lowest BCUT2D eigenvalue weighted by atomic mass is 10.1. The van der Waals surface area contributed by atoms with Crippen LogP contribution in [0.5, 0.6) is 11.5 Å². The third-order valence-corrected chi connectivity index (χ3v) is 5.65. The van der Waals surface area contributed by atoms with E-state index in [9.17, 15) is 9.59 Å². The summed E-state index contributed by atoms with van der Waals surface area (Å²) in [6.45, 7) is 7.49. The molecule has 6 heteroatoms. The second kappa shape index (κ2) is 9.43. The van der Waals surface area contributed by atoms with Crippen molar-refractivity contribution in [2.45, 2.75) is 27.7 Å². The van der Waals surface area contributed by atoms with Gasteiger partial charge in [0.2, 0.25) is 11.2 Å². The van der Waals surface area contributed by atoms with Crippen molar-refractivity contribution in [3.05, 3.63) is 87.1 Å². The van der Waals surface area contributed by atoms with Crippen LogP contribution in [0.1, 0.15) is 22.3 Å². The van der Waals surface area contributed by atoms with Gasteiger partial charge in [-0.1, -0.05) is 23.8 Å². The summed E-state index contributed by atoms with van der Waals surface area (Å²) in [5, 5.41) is 3.29. The van der Waals surface area contributed by atoms with Gasteiger partial charge in [0, 0.05) is 11.3 Å². The van der Waals surface area contributed by atoms with Gasteiger partial charge in [0.05, 0.1) is 12.5 Å². The monoisotopic (exact) mass is 457 g/mol. The van der Waals surface area contributed by atoms with Gasteiger partial charge in [-0.15, -0.1) is 0 Å². The molecule has 174 valence electrons. The van der Waals surface area contributed by atoms with Crippen LogP contribution in [0, 0.1) is 27.7 Å². The first-order valence-corrected chi connectivity index (χ1v) is 11.0. The molecule has 34 heavy (non-hydrogen) atoms. The maximum absolute atomic E-state index is 13.3. The maximum Gasteiger partial charge on any atom is 0.262 e. The number of nitrogens with one attached hydrogen (secondary N) is 1. The molecule has 0 saturated carbocycles. The Hall–Kier alpha value is -4.06. The lowest BCUT2D eigenvalue weighted by Crippen LogP contribution is -2.23. The number of aryl methyl sites for hydroxylation is 4. The Morgan fingerprint density at radius 1 is 0.912 bits per heavy atom. The van der Waals surface area contributed by atoms with Gasteiger partial charge in [-0.25, -0.2) is 0 Å². The molecule has 1 N–H and O–H groups in total. The van der Waals surface area contributed by atoms with Crippen LogP contribution in [0.3, 0.4) is 0 Å². The van der Waals surface area contributed by atoms with Crippen molar-refractivity contribution < 1.29 is 18.7 Å². The first-order chi connectivity index (χ1) is 16.3. The minimum atomic E-state index is -0.362. The molecule has 1 aromatic heterocycles. The highest BCUT2D eigenvalue weighted by molar-refractivity contribution is 5.93. The number of carbonyl (C=O) groups excluding carboxylic acids is 1. The van der Waals surface area contributed by atoms with E-state index in [4.69, 9.17) is 13.9 Å². The fourth-order valence-corrected chi connectivity index (χ4v) is 4.04. The van der Waals surface area contributed by atoms with Crippen LogP contribution in [0.2, 0.25) is 0 Å². The molecule has 1 amide bonds. The highest BCUT2D eigenvalue weighted by Gasteiger charge is 2.19. The van der Waals surface area contributed by atoms with Crippen LogP contribution in [0.25, 0.3) is 22.3 Å². The Bertz CT molecular complexity index is 1410. The zero-order valence-electron chi connectivity index (χ0n) is 19.9. The Morgan fingerprint density at radius 3 is 2.24 bits per heavy atom. The number of rotatable bonds is 6. The normalized spacial score (nSPS) is 10.9. The van der Waals surface area contributed by atoms with Gasteiger partial charge in [0.1, 0.15) is 11.3 Å². The molecule has 0 fully saturated rings. The second-order valence-corrected chi connectivity index (χ2v) is 8.43. The zero-order valence-corrected chi connectivity index (χ0v) is 19.9. The number of fused-ring (bicyclic) bond motifs is 1. The average Bonchev–Trinajstić information content (AvgIpc) is 2.80. The van der Waals surface area contributed by atoms with Gasteiger partial charge in [0.25, 0.3) is 5.91 Å². The molecule has 3 aromatic carbocycles. The third-order valence-electron chi connectivity index (χ3n) is 5.65. The molecule has 0 aliphatic carbocycles. The number of methoxy groups -OCH3 is 1. The molecule has 0 aliphatic rings. The number of benzene rings is 3. The number of hydrogen-bond acceptors (Lipinski definition) is 5. The van der Waals surface area contributed by atoms with E-state index >= 15 is 0 Å². The Morgan fingerprint density at radius 2 is 1.59 bits per heavy atom. The van der Waals surface area contributed by atoms with E-state index in [1.54, 1.807) is 37.4 Å². The van der Waals surface area contributed by atoms with Crippen molar-refractivity contribution in [3.63, 3.8) is 0 Å². The summed E-state index contributed by atoms with van der Waals surface area (Å²) < 4.78 is 17.2. The maximum atomic E-state index is 13.3. The Labute approximate surface area is 198 Å². The molecule has 4 rings (SSSR count). The SMILES string of the molecule is COc1ccc(-c2oc3cc(C)ccc3c(=O)c2OCC(=O)Nc2c(C)cc(C)cc2C)cc1. The van der Waals surface area contributed by atoms with E-state index in [1.807, 2.05) is 52.0 Å². The van der Waals surface area contributed by atoms with E-state index in [0.29, 0.717) is 22.3 Å². The highest BCUT2D eigenvalue weighted by atomic mass is 16.5. The zero-order chi connectivity index (χ0) is 24.4. The van der Waals surface area contributed by atoms with Crippen molar-refractivity contribution in [3.8, 4) is 22.8 Å². The van der Waals surface area contributed by atoms with E-state index in [1.165, 1.54) is 0 Å². The lowest BCUT2D eigenvalue weighted by molar-refractivity contribution is -0.118. The predicted molar refractivity (Wildman–Crippen MR) is 134 cm³/mol. The fraction of sp³-hybridized carbons (Fsp3) is 0.214. The fourth-order valence-electron chi connectivity index (χ4n) is 4.04. The van der Waals surface area contributed by atoms with E-state index in [2.05, 4.69) is 5.32 Å².